The third-order valence-corrected chi connectivity index (χ3v) is 2.20. The molecule has 0 aromatic rings. The van der Waals surface area contributed by atoms with Crippen molar-refractivity contribution in [3.8, 4) is 0 Å². The normalized spacial score (nSPS) is 13.3. The largest absolute Gasteiger partial charge is 0.503 e. The van der Waals surface area contributed by atoms with E-state index in [1.165, 1.54) is 32.1 Å². The minimum Gasteiger partial charge on any atom is -0.450 e. The summed E-state index contributed by atoms with van der Waals surface area (Å²) in [5, 5.41) is 36.1. The summed E-state index contributed by atoms with van der Waals surface area (Å²) in [5.74, 6) is 0. The number of hydrogen-bond donors (Lipinski definition) is 5. The van der Waals surface area contributed by atoms with Crippen LogP contribution < -0.4 is 0 Å². The van der Waals surface area contributed by atoms with E-state index in [2.05, 4.69) is 18.7 Å². The van der Waals surface area contributed by atoms with Crippen LogP contribution in [0.2, 0.25) is 0 Å². The third kappa shape index (κ3) is 44.0. The highest BCUT2D eigenvalue weighted by Crippen LogP contribution is 2.18. The van der Waals surface area contributed by atoms with Gasteiger partial charge in [0.2, 0.25) is 0 Å². The summed E-state index contributed by atoms with van der Waals surface area (Å²) < 4.78 is 0. The molecule has 0 bridgehead atoms. The van der Waals surface area contributed by atoms with Gasteiger partial charge < -0.3 is 20.4 Å². The molecule has 0 aliphatic heterocycles. The standard InChI is InChI=1S/C6H12O2.C4H10.2CH2O3/c7-8-6-4-2-1-3-5-6;1-3-4-2;2*2-1(3)4/h6-7H,1-5H2;3-4H2,1-2H3;2*(H2,2,3,4). The monoisotopic (exact) mass is 298 g/mol. The smallest absolute Gasteiger partial charge is 0.450 e. The van der Waals surface area contributed by atoms with Crippen molar-refractivity contribution in [1.82, 2.24) is 0 Å². The predicted molar refractivity (Wildman–Crippen MR) is 72.5 cm³/mol. The molecule has 0 atom stereocenters. The van der Waals surface area contributed by atoms with Crippen LogP contribution in [0.15, 0.2) is 0 Å². The molecular weight excluding hydrogens is 272 g/mol. The Morgan fingerprint density at radius 1 is 0.900 bits per heavy atom. The molecule has 0 aromatic carbocycles. The lowest BCUT2D eigenvalue weighted by Crippen LogP contribution is -2.14. The number of carbonyl (C=O) groups is 2. The van der Waals surface area contributed by atoms with Crippen LogP contribution in [-0.4, -0.2) is 44.1 Å². The molecule has 0 saturated heterocycles. The maximum Gasteiger partial charge on any atom is 0.503 e. The Hall–Kier alpha value is -1.54. The Balaban J connectivity index is -0.000000209. The predicted octanol–water partition coefficient (Wildman–Crippen LogP) is 4.06. The van der Waals surface area contributed by atoms with Crippen molar-refractivity contribution in [2.45, 2.75) is 64.9 Å². The Morgan fingerprint density at radius 3 is 1.35 bits per heavy atom. The van der Waals surface area contributed by atoms with Gasteiger partial charge in [-0.05, 0) is 12.8 Å². The molecule has 0 heterocycles. The van der Waals surface area contributed by atoms with Gasteiger partial charge in [0.15, 0.2) is 0 Å². The molecule has 1 aliphatic carbocycles. The SMILES string of the molecule is CCCC.O=C(O)O.O=C(O)O.OOC1CCCCC1. The van der Waals surface area contributed by atoms with E-state index in [1.807, 2.05) is 0 Å². The van der Waals surface area contributed by atoms with Gasteiger partial charge >= 0.3 is 12.3 Å². The maximum absolute atomic E-state index is 8.56. The molecule has 1 rings (SSSR count). The molecular formula is C12H26O8. The zero-order valence-electron chi connectivity index (χ0n) is 12.0. The summed E-state index contributed by atoms with van der Waals surface area (Å²) in [6, 6.07) is 0. The van der Waals surface area contributed by atoms with Gasteiger partial charge in [-0.2, -0.15) is 0 Å². The van der Waals surface area contributed by atoms with Crippen LogP contribution in [0.3, 0.4) is 0 Å². The first-order chi connectivity index (χ1) is 9.31. The Kier molecular flexibility index (Phi) is 23.3. The summed E-state index contributed by atoms with van der Waals surface area (Å²) in [6.45, 7) is 4.36. The van der Waals surface area contributed by atoms with Crippen molar-refractivity contribution in [2.75, 3.05) is 0 Å². The summed E-state index contributed by atoms with van der Waals surface area (Å²) in [6.07, 6.45) is 4.92. The number of unbranched alkanes of at least 4 members (excludes halogenated alkanes) is 1. The summed E-state index contributed by atoms with van der Waals surface area (Å²) in [7, 11) is 0. The molecule has 1 aliphatic rings. The minimum absolute atomic E-state index is 0.142. The fraction of sp³-hybridized carbons (Fsp3) is 0.833. The highest BCUT2D eigenvalue weighted by molar-refractivity contribution is 5.53. The van der Waals surface area contributed by atoms with E-state index < -0.39 is 12.3 Å². The Bertz CT molecular complexity index is 192. The summed E-state index contributed by atoms with van der Waals surface area (Å²) in [4.78, 5) is 21.3. The van der Waals surface area contributed by atoms with Crippen LogP contribution >= 0.6 is 0 Å². The van der Waals surface area contributed by atoms with Gasteiger partial charge in [-0.25, -0.2) is 14.5 Å². The fourth-order valence-corrected chi connectivity index (χ4v) is 1.17. The zero-order valence-corrected chi connectivity index (χ0v) is 12.0. The maximum atomic E-state index is 8.56. The van der Waals surface area contributed by atoms with Gasteiger partial charge in [-0.3, -0.25) is 5.26 Å². The van der Waals surface area contributed by atoms with Gasteiger partial charge in [0.25, 0.3) is 0 Å². The van der Waals surface area contributed by atoms with E-state index in [4.69, 9.17) is 35.3 Å². The average Bonchev–Trinajstić information content (AvgIpc) is 2.39. The van der Waals surface area contributed by atoms with E-state index >= 15 is 0 Å². The molecule has 8 nitrogen and oxygen atoms in total. The van der Waals surface area contributed by atoms with Crippen LogP contribution in [0.25, 0.3) is 0 Å². The number of hydrogen-bond acceptors (Lipinski definition) is 4. The molecule has 122 valence electrons. The molecule has 8 heteroatoms. The summed E-state index contributed by atoms with van der Waals surface area (Å²) in [5.41, 5.74) is 0. The molecule has 5 N–H and O–H groups in total. The molecule has 1 saturated carbocycles. The lowest BCUT2D eigenvalue weighted by atomic mass is 9.98. The van der Waals surface area contributed by atoms with Gasteiger partial charge in [-0.15, -0.1) is 0 Å². The molecule has 0 spiro atoms. The van der Waals surface area contributed by atoms with Crippen LogP contribution in [-0.2, 0) is 4.89 Å². The second kappa shape index (κ2) is 19.8. The molecule has 1 fully saturated rings. The second-order valence-electron chi connectivity index (χ2n) is 3.93. The van der Waals surface area contributed by atoms with Crippen LogP contribution in [0.5, 0.6) is 0 Å². The lowest BCUT2D eigenvalue weighted by Gasteiger charge is -2.17. The Morgan fingerprint density at radius 2 is 1.20 bits per heavy atom. The molecule has 0 amide bonds. The van der Waals surface area contributed by atoms with Gasteiger partial charge in [0.1, 0.15) is 0 Å². The molecule has 20 heavy (non-hydrogen) atoms. The van der Waals surface area contributed by atoms with Crippen LogP contribution in [0.4, 0.5) is 9.59 Å². The minimum atomic E-state index is -1.83. The first-order valence-electron chi connectivity index (χ1n) is 6.45. The van der Waals surface area contributed by atoms with E-state index in [-0.39, 0.29) is 6.10 Å². The highest BCUT2D eigenvalue weighted by atomic mass is 17.1. The van der Waals surface area contributed by atoms with E-state index in [1.54, 1.807) is 0 Å². The van der Waals surface area contributed by atoms with Crippen molar-refractivity contribution < 1.29 is 40.2 Å². The Labute approximate surface area is 118 Å². The second-order valence-corrected chi connectivity index (χ2v) is 3.93. The molecule has 0 radical (unpaired) electrons. The molecule has 0 aromatic heterocycles. The van der Waals surface area contributed by atoms with Gasteiger partial charge in [-0.1, -0.05) is 46.0 Å². The quantitative estimate of drug-likeness (QED) is 0.379. The fourth-order valence-electron chi connectivity index (χ4n) is 1.17. The van der Waals surface area contributed by atoms with Crippen molar-refractivity contribution in [1.29, 1.82) is 0 Å². The molecule has 0 unspecified atom stereocenters. The topological polar surface area (TPSA) is 145 Å². The highest BCUT2D eigenvalue weighted by Gasteiger charge is 2.12. The van der Waals surface area contributed by atoms with Crippen molar-refractivity contribution in [3.05, 3.63) is 0 Å². The first-order valence-corrected chi connectivity index (χ1v) is 6.45. The van der Waals surface area contributed by atoms with Crippen molar-refractivity contribution in [2.24, 2.45) is 0 Å². The third-order valence-electron chi connectivity index (χ3n) is 2.20. The zero-order chi connectivity index (χ0) is 16.4. The van der Waals surface area contributed by atoms with Crippen molar-refractivity contribution >= 4 is 12.3 Å². The van der Waals surface area contributed by atoms with Gasteiger partial charge in [0.05, 0.1) is 6.10 Å². The summed E-state index contributed by atoms with van der Waals surface area (Å²) >= 11 is 0. The van der Waals surface area contributed by atoms with Crippen LogP contribution in [0.1, 0.15) is 58.8 Å². The van der Waals surface area contributed by atoms with E-state index in [0.29, 0.717) is 0 Å². The lowest BCUT2D eigenvalue weighted by molar-refractivity contribution is -0.283. The number of carboxylic acid groups (broad SMARTS) is 4. The van der Waals surface area contributed by atoms with Crippen molar-refractivity contribution in [3.63, 3.8) is 0 Å². The van der Waals surface area contributed by atoms with E-state index in [0.717, 1.165) is 12.8 Å². The average molecular weight is 298 g/mol. The number of rotatable bonds is 2. The van der Waals surface area contributed by atoms with Gasteiger partial charge in [0, 0.05) is 0 Å². The van der Waals surface area contributed by atoms with Crippen LogP contribution in [0, 0.1) is 0 Å². The first kappa shape index (κ1) is 23.5. The van der Waals surface area contributed by atoms with E-state index in [9.17, 15) is 0 Å².